The maximum Gasteiger partial charge on any atom is 0.324 e. The molecule has 0 radical (unpaired) electrons. The number of likely N-dealkylation sites (tertiary alicyclic amines) is 1. The molecular weight excluding hydrogens is 310 g/mol. The van der Waals surface area contributed by atoms with Crippen LogP contribution in [0.4, 0.5) is 5.00 Å². The van der Waals surface area contributed by atoms with E-state index < -0.39 is 4.92 Å². The molecule has 3 rings (SSSR count). The molecule has 21 heavy (non-hydrogen) atoms. The molecule has 1 aromatic rings. The minimum Gasteiger partial charge on any atom is -0.351 e. The molecule has 2 aliphatic heterocycles. The average molecular weight is 323 g/mol. The third kappa shape index (κ3) is 3.16. The lowest BCUT2D eigenvalue weighted by molar-refractivity contribution is -0.380. The molecular formula is C13H13N3O3S2. The summed E-state index contributed by atoms with van der Waals surface area (Å²) >= 11 is 2.42. The molecule has 1 amide bonds. The van der Waals surface area contributed by atoms with Crippen molar-refractivity contribution in [2.75, 3.05) is 13.1 Å². The summed E-state index contributed by atoms with van der Waals surface area (Å²) in [5.41, 5.74) is 0.678. The van der Waals surface area contributed by atoms with Crippen LogP contribution in [0.15, 0.2) is 21.3 Å². The van der Waals surface area contributed by atoms with Crippen molar-refractivity contribution in [3.8, 4) is 0 Å². The van der Waals surface area contributed by atoms with Crippen molar-refractivity contribution >= 4 is 45.3 Å². The number of thiophene rings is 1. The molecule has 0 aromatic carbocycles. The van der Waals surface area contributed by atoms with Gasteiger partial charge in [0.2, 0.25) is 0 Å². The topological polar surface area (TPSA) is 75.8 Å². The van der Waals surface area contributed by atoms with Gasteiger partial charge in [-0.25, -0.2) is 0 Å². The number of thioether (sulfide) groups is 1. The predicted molar refractivity (Wildman–Crippen MR) is 84.4 cm³/mol. The number of aliphatic imine (C=N–C) groups is 1. The molecule has 2 aliphatic rings. The maximum atomic E-state index is 11.9. The monoisotopic (exact) mass is 323 g/mol. The molecule has 0 saturated carbocycles. The van der Waals surface area contributed by atoms with Crippen LogP contribution < -0.4 is 0 Å². The van der Waals surface area contributed by atoms with E-state index in [0.717, 1.165) is 42.4 Å². The molecule has 0 atom stereocenters. The second-order valence-electron chi connectivity index (χ2n) is 4.83. The van der Waals surface area contributed by atoms with Crippen LogP contribution in [0.3, 0.4) is 0 Å². The number of hydrogen-bond acceptors (Lipinski definition) is 6. The second kappa shape index (κ2) is 5.98. The Morgan fingerprint density at radius 3 is 2.76 bits per heavy atom. The van der Waals surface area contributed by atoms with Gasteiger partial charge >= 0.3 is 5.00 Å². The van der Waals surface area contributed by atoms with E-state index in [4.69, 9.17) is 0 Å². The van der Waals surface area contributed by atoms with Crippen molar-refractivity contribution in [1.29, 1.82) is 0 Å². The van der Waals surface area contributed by atoms with Crippen LogP contribution >= 0.6 is 23.1 Å². The van der Waals surface area contributed by atoms with E-state index >= 15 is 0 Å². The fraction of sp³-hybridized carbons (Fsp3) is 0.385. The number of carbonyl (C=O) groups is 1. The van der Waals surface area contributed by atoms with Crippen LogP contribution in [0.25, 0.3) is 6.08 Å². The first-order valence-corrected chi connectivity index (χ1v) is 8.33. The Morgan fingerprint density at radius 2 is 2.10 bits per heavy atom. The highest BCUT2D eigenvalue weighted by Crippen LogP contribution is 2.33. The Kier molecular flexibility index (Phi) is 4.07. The van der Waals surface area contributed by atoms with Gasteiger partial charge in [-0.05, 0) is 42.7 Å². The number of nitro groups is 1. The molecule has 0 N–H and O–H groups in total. The summed E-state index contributed by atoms with van der Waals surface area (Å²) in [7, 11) is 0. The molecule has 0 spiro atoms. The average Bonchev–Trinajstić information content (AvgIpc) is 3.08. The van der Waals surface area contributed by atoms with Gasteiger partial charge in [-0.2, -0.15) is 4.99 Å². The number of amidine groups is 1. The van der Waals surface area contributed by atoms with E-state index in [1.165, 1.54) is 24.2 Å². The van der Waals surface area contributed by atoms with Crippen molar-refractivity contribution in [2.45, 2.75) is 19.3 Å². The summed E-state index contributed by atoms with van der Waals surface area (Å²) in [6.45, 7) is 1.88. The van der Waals surface area contributed by atoms with E-state index in [9.17, 15) is 14.9 Å². The van der Waals surface area contributed by atoms with Gasteiger partial charge in [0.15, 0.2) is 5.17 Å². The Hall–Kier alpha value is -1.67. The molecule has 1 aromatic heterocycles. The molecule has 8 heteroatoms. The highest BCUT2D eigenvalue weighted by atomic mass is 32.2. The van der Waals surface area contributed by atoms with Crippen molar-refractivity contribution in [3.63, 3.8) is 0 Å². The standard InChI is InChI=1S/C13H13N3O3S2/c17-12-10(6-9-7-11(16(18)19)20-8-9)21-13(14-12)15-4-2-1-3-5-15/h6-8H,1-5H2/b10-6+. The lowest BCUT2D eigenvalue weighted by Gasteiger charge is -2.27. The minimum absolute atomic E-state index is 0.0782. The second-order valence-corrected chi connectivity index (χ2v) is 6.73. The quantitative estimate of drug-likeness (QED) is 0.475. The lowest BCUT2D eigenvalue weighted by Crippen LogP contribution is -2.33. The number of nitrogens with zero attached hydrogens (tertiary/aromatic N) is 3. The first kappa shape index (κ1) is 14.3. The van der Waals surface area contributed by atoms with Gasteiger partial charge in [0.05, 0.1) is 9.83 Å². The normalized spacial score (nSPS) is 21.0. The third-order valence-corrected chi connectivity index (χ3v) is 5.26. The zero-order valence-electron chi connectivity index (χ0n) is 11.2. The van der Waals surface area contributed by atoms with Gasteiger partial charge in [0, 0.05) is 24.5 Å². The largest absolute Gasteiger partial charge is 0.351 e. The number of hydrogen-bond donors (Lipinski definition) is 0. The predicted octanol–water partition coefficient (Wildman–Crippen LogP) is 3.11. The summed E-state index contributed by atoms with van der Waals surface area (Å²) in [6, 6.07) is 1.48. The number of carbonyl (C=O) groups excluding carboxylic acids is 1. The van der Waals surface area contributed by atoms with E-state index in [-0.39, 0.29) is 10.9 Å². The summed E-state index contributed by atoms with van der Waals surface area (Å²) in [6.07, 6.45) is 5.16. The fourth-order valence-electron chi connectivity index (χ4n) is 2.28. The summed E-state index contributed by atoms with van der Waals surface area (Å²) in [5.74, 6) is -0.255. The SMILES string of the molecule is O=C1N=C(N2CCCCC2)S/C1=C/c1csc([N+](=O)[O-])c1. The molecule has 6 nitrogen and oxygen atoms in total. The van der Waals surface area contributed by atoms with E-state index in [2.05, 4.69) is 9.89 Å². The van der Waals surface area contributed by atoms with Crippen molar-refractivity contribution in [3.05, 3.63) is 32.0 Å². The van der Waals surface area contributed by atoms with Crippen LogP contribution in [0.5, 0.6) is 0 Å². The Bertz CT molecular complexity index is 645. The smallest absolute Gasteiger partial charge is 0.324 e. The molecule has 110 valence electrons. The Labute approximate surface area is 129 Å². The number of amides is 1. The molecule has 1 fully saturated rings. The van der Waals surface area contributed by atoms with Crippen LogP contribution in [-0.4, -0.2) is 34.0 Å². The summed E-state index contributed by atoms with van der Waals surface area (Å²) < 4.78 is 0. The molecule has 0 aliphatic carbocycles. The summed E-state index contributed by atoms with van der Waals surface area (Å²) in [5, 5.41) is 13.2. The van der Waals surface area contributed by atoms with Gasteiger partial charge in [0.1, 0.15) is 0 Å². The first-order valence-electron chi connectivity index (χ1n) is 6.64. The van der Waals surface area contributed by atoms with Gasteiger partial charge in [-0.1, -0.05) is 11.3 Å². The van der Waals surface area contributed by atoms with E-state index in [1.54, 1.807) is 11.5 Å². The number of rotatable bonds is 2. The minimum atomic E-state index is -0.425. The van der Waals surface area contributed by atoms with Crippen LogP contribution in [0.2, 0.25) is 0 Å². The highest BCUT2D eigenvalue weighted by molar-refractivity contribution is 8.18. The van der Waals surface area contributed by atoms with Crippen molar-refractivity contribution < 1.29 is 9.72 Å². The van der Waals surface area contributed by atoms with Gasteiger partial charge in [-0.3, -0.25) is 14.9 Å². The maximum absolute atomic E-state index is 11.9. The fourth-order valence-corrected chi connectivity index (χ4v) is 3.93. The molecule has 3 heterocycles. The Balaban J connectivity index is 1.73. The lowest BCUT2D eigenvalue weighted by atomic mass is 10.1. The zero-order chi connectivity index (χ0) is 14.8. The van der Waals surface area contributed by atoms with Crippen LogP contribution in [-0.2, 0) is 4.79 Å². The van der Waals surface area contributed by atoms with Crippen molar-refractivity contribution in [2.24, 2.45) is 4.99 Å². The van der Waals surface area contributed by atoms with Gasteiger partial charge in [-0.15, -0.1) is 0 Å². The van der Waals surface area contributed by atoms with Gasteiger partial charge in [0.25, 0.3) is 5.91 Å². The van der Waals surface area contributed by atoms with Crippen LogP contribution in [0, 0.1) is 10.1 Å². The van der Waals surface area contributed by atoms with Crippen molar-refractivity contribution in [1.82, 2.24) is 4.90 Å². The number of piperidine rings is 1. The Morgan fingerprint density at radius 1 is 1.33 bits per heavy atom. The zero-order valence-corrected chi connectivity index (χ0v) is 12.8. The van der Waals surface area contributed by atoms with Gasteiger partial charge < -0.3 is 4.90 Å². The highest BCUT2D eigenvalue weighted by Gasteiger charge is 2.27. The summed E-state index contributed by atoms with van der Waals surface area (Å²) in [4.78, 5) is 29.0. The first-order chi connectivity index (χ1) is 10.1. The molecule has 0 unspecified atom stereocenters. The third-order valence-electron chi connectivity index (χ3n) is 3.32. The van der Waals surface area contributed by atoms with E-state index in [1.807, 2.05) is 0 Å². The van der Waals surface area contributed by atoms with Crippen LogP contribution in [0.1, 0.15) is 24.8 Å². The molecule has 1 saturated heterocycles. The van der Waals surface area contributed by atoms with E-state index in [0.29, 0.717) is 10.5 Å². The molecule has 0 bridgehead atoms.